The summed E-state index contributed by atoms with van der Waals surface area (Å²) in [6.45, 7) is 0.378. The molecule has 0 saturated heterocycles. The number of ether oxygens (including phenoxy) is 1. The number of rotatable bonds is 5. The van der Waals surface area contributed by atoms with Crippen molar-refractivity contribution >= 4 is 23.2 Å². The molecule has 1 heterocycles. The van der Waals surface area contributed by atoms with Gasteiger partial charge in [-0.3, -0.25) is 0 Å². The Bertz CT molecular complexity index is 1090. The van der Waals surface area contributed by atoms with Crippen LogP contribution >= 0.6 is 23.2 Å². The highest BCUT2D eigenvalue weighted by molar-refractivity contribution is 6.36. The summed E-state index contributed by atoms with van der Waals surface area (Å²) in [6.07, 6.45) is 5.10. The lowest BCUT2D eigenvalue weighted by molar-refractivity contribution is 0.307. The Kier molecular flexibility index (Phi) is 5.56. The molecule has 0 atom stereocenters. The van der Waals surface area contributed by atoms with Crippen molar-refractivity contribution in [3.05, 3.63) is 101 Å². The highest BCUT2D eigenvalue weighted by Gasteiger charge is 2.15. The molecule has 0 aliphatic rings. The summed E-state index contributed by atoms with van der Waals surface area (Å²) in [5, 5.41) is 1.19. The van der Waals surface area contributed by atoms with Gasteiger partial charge in [-0.15, -0.1) is 0 Å². The maximum absolute atomic E-state index is 6.50. The first kappa shape index (κ1) is 18.5. The van der Waals surface area contributed by atoms with E-state index in [0.717, 1.165) is 33.6 Å². The van der Waals surface area contributed by atoms with Gasteiger partial charge in [0.15, 0.2) is 0 Å². The topological polar surface area (TPSA) is 35.0 Å². The van der Waals surface area contributed by atoms with Crippen LogP contribution in [-0.4, -0.2) is 9.97 Å². The number of hydrogen-bond acceptors (Lipinski definition) is 3. The molecule has 0 N–H and O–H groups in total. The Morgan fingerprint density at radius 3 is 2.25 bits per heavy atom. The summed E-state index contributed by atoms with van der Waals surface area (Å²) in [6, 6.07) is 21.3. The minimum absolute atomic E-state index is 0.378. The van der Waals surface area contributed by atoms with Crippen LogP contribution in [0.25, 0.3) is 22.3 Å². The van der Waals surface area contributed by atoms with Gasteiger partial charge in [0.05, 0.1) is 0 Å². The van der Waals surface area contributed by atoms with Crippen molar-refractivity contribution in [3.63, 3.8) is 0 Å². The SMILES string of the molecule is Clc1ccc(-c2cccc(-c3cncnc3)c2COc2ccccc2)c(Cl)c1. The average Bonchev–Trinajstić information content (AvgIpc) is 2.73. The molecular formula is C23H16Cl2N2O. The predicted molar refractivity (Wildman–Crippen MR) is 114 cm³/mol. The molecule has 0 unspecified atom stereocenters. The van der Waals surface area contributed by atoms with E-state index in [1.165, 1.54) is 6.33 Å². The van der Waals surface area contributed by atoms with E-state index < -0.39 is 0 Å². The lowest BCUT2D eigenvalue weighted by Crippen LogP contribution is -2.01. The summed E-state index contributed by atoms with van der Waals surface area (Å²) < 4.78 is 6.07. The molecular weight excluding hydrogens is 391 g/mol. The van der Waals surface area contributed by atoms with Gasteiger partial charge in [-0.1, -0.05) is 65.7 Å². The van der Waals surface area contributed by atoms with Gasteiger partial charge in [-0.05, 0) is 35.4 Å². The number of aromatic nitrogens is 2. The van der Waals surface area contributed by atoms with E-state index in [1.54, 1.807) is 18.5 Å². The number of hydrogen-bond donors (Lipinski definition) is 0. The Balaban J connectivity index is 1.83. The van der Waals surface area contributed by atoms with E-state index in [4.69, 9.17) is 27.9 Å². The second-order valence-corrected chi connectivity index (χ2v) is 7.03. The second kappa shape index (κ2) is 8.42. The summed E-state index contributed by atoms with van der Waals surface area (Å²) in [4.78, 5) is 8.31. The molecule has 1 aromatic heterocycles. The maximum atomic E-state index is 6.50. The van der Waals surface area contributed by atoms with E-state index >= 15 is 0 Å². The van der Waals surface area contributed by atoms with Crippen molar-refractivity contribution in [1.82, 2.24) is 9.97 Å². The first-order valence-corrected chi connectivity index (χ1v) is 9.48. The number of para-hydroxylation sites is 1. The van der Waals surface area contributed by atoms with Crippen molar-refractivity contribution in [3.8, 4) is 28.0 Å². The summed E-state index contributed by atoms with van der Waals surface area (Å²) in [5.41, 5.74) is 4.81. The zero-order valence-corrected chi connectivity index (χ0v) is 16.4. The van der Waals surface area contributed by atoms with Crippen molar-refractivity contribution in [2.75, 3.05) is 0 Å². The van der Waals surface area contributed by atoms with Crippen LogP contribution in [0.3, 0.4) is 0 Å². The smallest absolute Gasteiger partial charge is 0.119 e. The van der Waals surface area contributed by atoms with Crippen LogP contribution in [0.4, 0.5) is 0 Å². The van der Waals surface area contributed by atoms with E-state index in [0.29, 0.717) is 16.7 Å². The highest BCUT2D eigenvalue weighted by Crippen LogP contribution is 2.37. The zero-order chi connectivity index (χ0) is 19.3. The number of halogens is 2. The van der Waals surface area contributed by atoms with Gasteiger partial charge in [0.1, 0.15) is 18.7 Å². The van der Waals surface area contributed by atoms with Crippen molar-refractivity contribution in [2.45, 2.75) is 6.61 Å². The van der Waals surface area contributed by atoms with Crippen LogP contribution < -0.4 is 4.74 Å². The second-order valence-electron chi connectivity index (χ2n) is 6.18. The fraction of sp³-hybridized carbons (Fsp3) is 0.0435. The van der Waals surface area contributed by atoms with E-state index in [9.17, 15) is 0 Å². The van der Waals surface area contributed by atoms with Crippen LogP contribution in [0.2, 0.25) is 10.0 Å². The number of nitrogens with zero attached hydrogens (tertiary/aromatic N) is 2. The number of benzene rings is 3. The van der Waals surface area contributed by atoms with Gasteiger partial charge in [-0.25, -0.2) is 9.97 Å². The molecule has 0 fully saturated rings. The van der Waals surface area contributed by atoms with Gasteiger partial charge in [0.25, 0.3) is 0 Å². The summed E-state index contributed by atoms with van der Waals surface area (Å²) in [5.74, 6) is 0.801. The van der Waals surface area contributed by atoms with Crippen molar-refractivity contribution in [2.24, 2.45) is 0 Å². The van der Waals surface area contributed by atoms with Gasteiger partial charge >= 0.3 is 0 Å². The molecule has 4 rings (SSSR count). The molecule has 3 nitrogen and oxygen atoms in total. The molecule has 0 spiro atoms. The summed E-state index contributed by atoms with van der Waals surface area (Å²) >= 11 is 12.6. The highest BCUT2D eigenvalue weighted by atomic mass is 35.5. The third-order valence-electron chi connectivity index (χ3n) is 4.40. The Labute approximate surface area is 173 Å². The van der Waals surface area contributed by atoms with Gasteiger partial charge < -0.3 is 4.74 Å². The van der Waals surface area contributed by atoms with Crippen molar-refractivity contribution < 1.29 is 4.74 Å². The monoisotopic (exact) mass is 406 g/mol. The van der Waals surface area contributed by atoms with Gasteiger partial charge in [0, 0.05) is 39.1 Å². The normalized spacial score (nSPS) is 10.6. The Morgan fingerprint density at radius 2 is 1.50 bits per heavy atom. The first-order chi connectivity index (χ1) is 13.7. The Hall–Kier alpha value is -2.88. The molecule has 138 valence electrons. The van der Waals surface area contributed by atoms with Crippen molar-refractivity contribution in [1.29, 1.82) is 0 Å². The molecule has 5 heteroatoms. The minimum atomic E-state index is 0.378. The molecule has 0 aliphatic carbocycles. The lowest BCUT2D eigenvalue weighted by atomic mass is 9.93. The van der Waals surface area contributed by atoms with E-state index in [2.05, 4.69) is 9.97 Å². The molecule has 0 radical (unpaired) electrons. The molecule has 0 bridgehead atoms. The third-order valence-corrected chi connectivity index (χ3v) is 4.94. The molecule has 0 aliphatic heterocycles. The predicted octanol–water partition coefficient (Wildman–Crippen LogP) is 6.70. The third kappa shape index (κ3) is 4.01. The lowest BCUT2D eigenvalue weighted by Gasteiger charge is -2.17. The van der Waals surface area contributed by atoms with E-state index in [-0.39, 0.29) is 0 Å². The molecule has 0 saturated carbocycles. The van der Waals surface area contributed by atoms with Crippen LogP contribution in [0, 0.1) is 0 Å². The molecule has 0 amide bonds. The minimum Gasteiger partial charge on any atom is -0.489 e. The van der Waals surface area contributed by atoms with Gasteiger partial charge in [0.2, 0.25) is 0 Å². The molecule has 3 aromatic carbocycles. The quantitative estimate of drug-likeness (QED) is 0.369. The van der Waals surface area contributed by atoms with E-state index in [1.807, 2.05) is 60.7 Å². The molecule has 4 aromatic rings. The fourth-order valence-electron chi connectivity index (χ4n) is 3.08. The fourth-order valence-corrected chi connectivity index (χ4v) is 3.59. The maximum Gasteiger partial charge on any atom is 0.119 e. The first-order valence-electron chi connectivity index (χ1n) is 8.73. The summed E-state index contributed by atoms with van der Waals surface area (Å²) in [7, 11) is 0. The standard InChI is InChI=1S/C23H16Cl2N2O/c24-17-9-10-21(23(25)11-17)20-8-4-7-19(16-12-26-15-27-13-16)22(20)14-28-18-5-2-1-3-6-18/h1-13,15H,14H2. The Morgan fingerprint density at radius 1 is 0.750 bits per heavy atom. The average molecular weight is 407 g/mol. The zero-order valence-electron chi connectivity index (χ0n) is 14.8. The van der Waals surface area contributed by atoms with Gasteiger partial charge in [-0.2, -0.15) is 0 Å². The van der Waals surface area contributed by atoms with Crippen LogP contribution in [0.1, 0.15) is 5.56 Å². The van der Waals surface area contributed by atoms with Crippen LogP contribution in [-0.2, 0) is 6.61 Å². The largest absolute Gasteiger partial charge is 0.489 e. The van der Waals surface area contributed by atoms with Crippen LogP contribution in [0.15, 0.2) is 85.5 Å². The van der Waals surface area contributed by atoms with Crippen LogP contribution in [0.5, 0.6) is 5.75 Å². The molecule has 28 heavy (non-hydrogen) atoms.